The number of nitro benzene ring substituents is 1. The fourth-order valence-corrected chi connectivity index (χ4v) is 1.10. The molecular formula is C10H7FN4O4. The van der Waals surface area contributed by atoms with E-state index in [0.29, 0.717) is 0 Å². The second-order valence-corrected chi connectivity index (χ2v) is 3.22. The van der Waals surface area contributed by atoms with Crippen LogP contribution in [0.25, 0.3) is 0 Å². The predicted molar refractivity (Wildman–Crippen MR) is 60.3 cm³/mol. The van der Waals surface area contributed by atoms with Crippen molar-refractivity contribution in [3.8, 4) is 6.07 Å². The van der Waals surface area contributed by atoms with E-state index in [1.807, 2.05) is 10.6 Å². The molecule has 0 spiro atoms. The van der Waals surface area contributed by atoms with Crippen molar-refractivity contribution in [3.63, 3.8) is 0 Å². The first-order valence-electron chi connectivity index (χ1n) is 4.85. The van der Waals surface area contributed by atoms with Crippen molar-refractivity contribution in [2.75, 3.05) is 11.9 Å². The fraction of sp³-hybridized carbons (Fsp3) is 0.100. The normalized spacial score (nSPS) is 9.26. The zero-order chi connectivity index (χ0) is 14.4. The Balaban J connectivity index is 2.84. The molecule has 0 aliphatic rings. The number of rotatable bonds is 3. The van der Waals surface area contributed by atoms with E-state index in [-0.39, 0.29) is 6.54 Å². The van der Waals surface area contributed by atoms with Gasteiger partial charge < -0.3 is 10.6 Å². The molecule has 19 heavy (non-hydrogen) atoms. The smallest absolute Gasteiger partial charge is 0.313 e. The molecule has 0 aromatic heterocycles. The van der Waals surface area contributed by atoms with Gasteiger partial charge in [-0.05, 0) is 6.07 Å². The van der Waals surface area contributed by atoms with Gasteiger partial charge in [0.25, 0.3) is 5.69 Å². The van der Waals surface area contributed by atoms with Crippen molar-refractivity contribution in [1.82, 2.24) is 5.32 Å². The summed E-state index contributed by atoms with van der Waals surface area (Å²) in [6.07, 6.45) is 0. The zero-order valence-corrected chi connectivity index (χ0v) is 9.34. The number of halogens is 1. The number of carbonyl (C=O) groups excluding carboxylic acids is 2. The van der Waals surface area contributed by atoms with Crippen LogP contribution in [0.15, 0.2) is 18.2 Å². The van der Waals surface area contributed by atoms with Gasteiger partial charge in [-0.25, -0.2) is 4.39 Å². The molecule has 0 heterocycles. The molecule has 1 aromatic carbocycles. The molecule has 0 fully saturated rings. The van der Waals surface area contributed by atoms with E-state index in [1.165, 1.54) is 0 Å². The van der Waals surface area contributed by atoms with Crippen LogP contribution < -0.4 is 10.6 Å². The second kappa shape index (κ2) is 6.06. The molecule has 0 saturated carbocycles. The van der Waals surface area contributed by atoms with E-state index in [9.17, 15) is 24.1 Å². The molecule has 0 saturated heterocycles. The van der Waals surface area contributed by atoms with Crippen LogP contribution in [0, 0.1) is 27.3 Å². The van der Waals surface area contributed by atoms with Crippen LogP contribution in [-0.4, -0.2) is 23.3 Å². The number of nitriles is 1. The van der Waals surface area contributed by atoms with Crippen molar-refractivity contribution < 1.29 is 18.9 Å². The highest BCUT2D eigenvalue weighted by molar-refractivity contribution is 6.39. The Morgan fingerprint density at radius 2 is 2.11 bits per heavy atom. The van der Waals surface area contributed by atoms with E-state index < -0.39 is 33.9 Å². The van der Waals surface area contributed by atoms with E-state index in [2.05, 4.69) is 0 Å². The van der Waals surface area contributed by atoms with Gasteiger partial charge in [0.2, 0.25) is 0 Å². The maximum Gasteiger partial charge on any atom is 0.313 e. The third-order valence-corrected chi connectivity index (χ3v) is 1.94. The van der Waals surface area contributed by atoms with Gasteiger partial charge in [-0.3, -0.25) is 19.7 Å². The Morgan fingerprint density at radius 3 is 2.68 bits per heavy atom. The summed E-state index contributed by atoms with van der Waals surface area (Å²) in [6.45, 7) is -0.385. The fourth-order valence-electron chi connectivity index (χ4n) is 1.10. The lowest BCUT2D eigenvalue weighted by Crippen LogP contribution is -2.35. The van der Waals surface area contributed by atoms with E-state index in [4.69, 9.17) is 5.26 Å². The summed E-state index contributed by atoms with van der Waals surface area (Å²) in [4.78, 5) is 32.1. The molecule has 0 aliphatic heterocycles. The molecule has 0 bridgehead atoms. The highest BCUT2D eigenvalue weighted by atomic mass is 19.1. The molecule has 2 amide bonds. The molecule has 1 rings (SSSR count). The first-order chi connectivity index (χ1) is 8.95. The minimum absolute atomic E-state index is 0.385. The second-order valence-electron chi connectivity index (χ2n) is 3.22. The lowest BCUT2D eigenvalue weighted by Gasteiger charge is -2.05. The van der Waals surface area contributed by atoms with E-state index in [0.717, 1.165) is 18.2 Å². The molecule has 2 N–H and O–H groups in total. The van der Waals surface area contributed by atoms with Gasteiger partial charge in [-0.2, -0.15) is 5.26 Å². The number of hydrogen-bond acceptors (Lipinski definition) is 5. The number of nitrogens with one attached hydrogen (secondary N) is 2. The van der Waals surface area contributed by atoms with Crippen molar-refractivity contribution in [3.05, 3.63) is 34.1 Å². The van der Waals surface area contributed by atoms with Crippen LogP contribution in [0.1, 0.15) is 0 Å². The molecule has 0 atom stereocenters. The Labute approximate surface area is 106 Å². The van der Waals surface area contributed by atoms with Crippen LogP contribution in [-0.2, 0) is 9.59 Å². The van der Waals surface area contributed by atoms with Gasteiger partial charge in [0.1, 0.15) is 12.4 Å². The lowest BCUT2D eigenvalue weighted by atomic mass is 10.2. The number of benzene rings is 1. The Hall–Kier alpha value is -3.02. The average molecular weight is 266 g/mol. The highest BCUT2D eigenvalue weighted by Crippen LogP contribution is 2.20. The Kier molecular flexibility index (Phi) is 4.48. The number of nitrogens with zero attached hydrogens (tertiary/aromatic N) is 2. The molecule has 9 heteroatoms. The van der Waals surface area contributed by atoms with Crippen LogP contribution in [0.5, 0.6) is 0 Å². The number of hydrogen-bond donors (Lipinski definition) is 2. The minimum atomic E-state index is -1.23. The minimum Gasteiger partial charge on any atom is -0.335 e. The molecule has 0 radical (unpaired) electrons. The molecular weight excluding hydrogens is 259 g/mol. The van der Waals surface area contributed by atoms with Crippen molar-refractivity contribution in [1.29, 1.82) is 5.26 Å². The Bertz CT molecular complexity index is 581. The molecule has 0 unspecified atom stereocenters. The number of non-ortho nitro benzene ring substituents is 1. The number of carbonyl (C=O) groups is 2. The van der Waals surface area contributed by atoms with Gasteiger partial charge in [0.15, 0.2) is 0 Å². The first kappa shape index (κ1) is 14.0. The zero-order valence-electron chi connectivity index (χ0n) is 9.34. The quantitative estimate of drug-likeness (QED) is 0.352. The van der Waals surface area contributed by atoms with Crippen molar-refractivity contribution >= 4 is 23.2 Å². The van der Waals surface area contributed by atoms with Crippen LogP contribution in [0.3, 0.4) is 0 Å². The van der Waals surface area contributed by atoms with Crippen LogP contribution in [0.4, 0.5) is 15.8 Å². The van der Waals surface area contributed by atoms with Gasteiger partial charge in [-0.15, -0.1) is 0 Å². The highest BCUT2D eigenvalue weighted by Gasteiger charge is 2.17. The van der Waals surface area contributed by atoms with Crippen molar-refractivity contribution in [2.24, 2.45) is 0 Å². The van der Waals surface area contributed by atoms with Crippen LogP contribution >= 0.6 is 0 Å². The summed E-state index contributed by atoms with van der Waals surface area (Å²) in [7, 11) is 0. The van der Waals surface area contributed by atoms with Gasteiger partial charge in [-0.1, -0.05) is 0 Å². The largest absolute Gasteiger partial charge is 0.335 e. The topological polar surface area (TPSA) is 125 Å². The van der Waals surface area contributed by atoms with Crippen LogP contribution in [0.2, 0.25) is 0 Å². The maximum absolute atomic E-state index is 13.3. The summed E-state index contributed by atoms with van der Waals surface area (Å²) in [5.74, 6) is -3.30. The third-order valence-electron chi connectivity index (χ3n) is 1.94. The monoisotopic (exact) mass is 266 g/mol. The SMILES string of the molecule is N#CCNC(=O)C(=O)Nc1cc([N+](=O)[O-])ccc1F. The van der Waals surface area contributed by atoms with Gasteiger partial charge in [0, 0.05) is 12.1 Å². The molecule has 98 valence electrons. The molecule has 0 aliphatic carbocycles. The van der Waals surface area contributed by atoms with Gasteiger partial charge >= 0.3 is 11.8 Å². The standard InChI is InChI=1S/C10H7FN4O4/c11-7-2-1-6(15(18)19)5-8(7)14-10(17)9(16)13-4-3-12/h1-2,5H,4H2,(H,13,16)(H,14,17). The predicted octanol–water partition coefficient (Wildman–Crippen LogP) is 0.312. The summed E-state index contributed by atoms with van der Waals surface area (Å²) in [6, 6.07) is 4.07. The van der Waals surface area contributed by atoms with Crippen molar-refractivity contribution in [2.45, 2.75) is 0 Å². The maximum atomic E-state index is 13.3. The Morgan fingerprint density at radius 1 is 1.42 bits per heavy atom. The average Bonchev–Trinajstić information content (AvgIpc) is 2.38. The first-order valence-corrected chi connectivity index (χ1v) is 4.85. The lowest BCUT2D eigenvalue weighted by molar-refractivity contribution is -0.384. The number of amides is 2. The summed E-state index contributed by atoms with van der Waals surface area (Å²) in [5.41, 5.74) is -0.930. The summed E-state index contributed by atoms with van der Waals surface area (Å²) >= 11 is 0. The van der Waals surface area contributed by atoms with Gasteiger partial charge in [0.05, 0.1) is 16.7 Å². The number of nitro groups is 1. The van der Waals surface area contributed by atoms with E-state index in [1.54, 1.807) is 6.07 Å². The molecule has 8 nitrogen and oxygen atoms in total. The summed E-state index contributed by atoms with van der Waals surface area (Å²) < 4.78 is 13.3. The molecule has 1 aromatic rings. The summed E-state index contributed by atoms with van der Waals surface area (Å²) in [5, 5.41) is 22.5. The third kappa shape index (κ3) is 3.74. The van der Waals surface area contributed by atoms with E-state index >= 15 is 0 Å². The number of anilines is 1.